The van der Waals surface area contributed by atoms with Crippen LogP contribution in [-0.4, -0.2) is 98.2 Å². The highest BCUT2D eigenvalue weighted by Crippen LogP contribution is 2.37. The molecule has 264 valence electrons. The second-order valence-corrected chi connectivity index (χ2v) is 34.6. The lowest BCUT2D eigenvalue weighted by Gasteiger charge is -2.37. The Balaban J connectivity index is 1.04. The van der Waals surface area contributed by atoms with Crippen molar-refractivity contribution in [3.63, 3.8) is 0 Å². The van der Waals surface area contributed by atoms with Gasteiger partial charge in [0.2, 0.25) is 0 Å². The fraction of sp³-hybridized carbons (Fsp3) is 1.00. The van der Waals surface area contributed by atoms with Gasteiger partial charge in [0.1, 0.15) is 0 Å². The van der Waals surface area contributed by atoms with Crippen molar-refractivity contribution in [2.24, 2.45) is 11.8 Å². The summed E-state index contributed by atoms with van der Waals surface area (Å²) in [5, 5.41) is 0. The molecule has 4 rings (SSSR count). The molecule has 0 amide bonds. The van der Waals surface area contributed by atoms with Crippen LogP contribution >= 0.6 is 0 Å². The fourth-order valence-corrected chi connectivity index (χ4v) is 37.1. The van der Waals surface area contributed by atoms with E-state index in [2.05, 4.69) is 52.4 Å². The molecular weight excluding hydrogens is 709 g/mol. The highest BCUT2D eigenvalue weighted by atomic mass is 28.5. The molecule has 0 aromatic carbocycles. The maximum absolute atomic E-state index is 6.42. The van der Waals surface area contributed by atoms with Gasteiger partial charge in [-0.05, 0) is 147 Å². The maximum Gasteiger partial charge on any atom is 0.317 e. The first-order valence-corrected chi connectivity index (χ1v) is 35.6. The third kappa shape index (κ3) is 14.2. The van der Waals surface area contributed by atoms with E-state index in [1.54, 1.807) is 0 Å². The van der Waals surface area contributed by atoms with Gasteiger partial charge in [0.05, 0.1) is 12.2 Å². The van der Waals surface area contributed by atoms with E-state index in [0.717, 1.165) is 50.0 Å². The summed E-state index contributed by atoms with van der Waals surface area (Å²) in [5.41, 5.74) is 0. The van der Waals surface area contributed by atoms with E-state index in [4.69, 9.17) is 42.4 Å². The molecule has 10 nitrogen and oxygen atoms in total. The van der Waals surface area contributed by atoms with Crippen molar-refractivity contribution < 1.29 is 42.4 Å². The van der Waals surface area contributed by atoms with Crippen molar-refractivity contribution in [2.45, 2.75) is 147 Å². The molecule has 2 aliphatic heterocycles. The van der Waals surface area contributed by atoms with Crippen LogP contribution in [0.3, 0.4) is 0 Å². The minimum absolute atomic E-state index is 0.421. The molecule has 4 fully saturated rings. The molecule has 0 aromatic rings. The molecule has 4 atom stereocenters. The Morgan fingerprint density at radius 1 is 0.489 bits per heavy atom. The predicted molar refractivity (Wildman–Crippen MR) is 197 cm³/mol. The molecule has 18 heteroatoms. The van der Waals surface area contributed by atoms with Gasteiger partial charge in [-0.1, -0.05) is 0 Å². The average molecular weight is 773 g/mol. The molecule has 0 aromatic heterocycles. The Hall–Kier alpha value is 1.34. The first-order chi connectivity index (χ1) is 21.4. The van der Waals surface area contributed by atoms with Gasteiger partial charge in [-0.3, -0.25) is 0 Å². The molecule has 2 saturated heterocycles. The molecule has 0 spiro atoms. The monoisotopic (exact) mass is 772 g/mol. The Morgan fingerprint density at radius 3 is 1.11 bits per heavy atom. The second kappa shape index (κ2) is 19.1. The third-order valence-corrected chi connectivity index (χ3v) is 37.8. The van der Waals surface area contributed by atoms with Crippen LogP contribution in [0.5, 0.6) is 0 Å². The lowest BCUT2D eigenvalue weighted by atomic mass is 9.76. The van der Waals surface area contributed by atoms with Crippen LogP contribution in [0.25, 0.3) is 0 Å². The first kappa shape index (κ1) is 39.1. The summed E-state index contributed by atoms with van der Waals surface area (Å²) in [7, 11) is -14.3. The Labute approximate surface area is 286 Å². The molecule has 4 aliphatic rings. The first-order valence-electron chi connectivity index (χ1n) is 17.9. The highest BCUT2D eigenvalue weighted by Gasteiger charge is 2.40. The third-order valence-electron chi connectivity index (χ3n) is 9.71. The highest BCUT2D eigenvalue weighted by molar-refractivity contribution is 6.81. The van der Waals surface area contributed by atoms with E-state index in [-0.39, 0.29) is 0 Å². The summed E-state index contributed by atoms with van der Waals surface area (Å²) in [6.45, 7) is 18.6. The van der Waals surface area contributed by atoms with Gasteiger partial charge in [0.15, 0.2) is 0 Å². The average Bonchev–Trinajstić information content (AvgIpc) is 2.93. The van der Waals surface area contributed by atoms with Crippen LogP contribution < -0.4 is 0 Å². The lowest BCUT2D eigenvalue weighted by molar-refractivity contribution is 0.00434. The van der Waals surface area contributed by atoms with E-state index in [9.17, 15) is 0 Å². The number of ether oxygens (including phenoxy) is 2. The van der Waals surface area contributed by atoms with Gasteiger partial charge in [0.25, 0.3) is 55.7 Å². The Bertz CT molecular complexity index is 760. The number of rotatable bonds is 12. The fourth-order valence-electron chi connectivity index (χ4n) is 7.78. The zero-order valence-electron chi connectivity index (χ0n) is 29.5. The van der Waals surface area contributed by atoms with Crippen LogP contribution in [0.2, 0.25) is 64.5 Å². The summed E-state index contributed by atoms with van der Waals surface area (Å²) in [6.07, 6.45) is 14.3. The summed E-state index contributed by atoms with van der Waals surface area (Å²) in [6, 6.07) is 1.92. The molecule has 2 saturated carbocycles. The zero-order chi connectivity index (χ0) is 32.5. The van der Waals surface area contributed by atoms with Gasteiger partial charge in [-0.25, -0.2) is 0 Å². The molecule has 4 unspecified atom stereocenters. The smallest absolute Gasteiger partial charge is 0.317 e. The molecular formula is C27H64O10Si8. The minimum Gasteiger partial charge on any atom is -0.420 e. The van der Waals surface area contributed by atoms with Crippen molar-refractivity contribution in [1.29, 1.82) is 0 Å². The van der Waals surface area contributed by atoms with Crippen LogP contribution in [-0.2, 0) is 42.4 Å². The van der Waals surface area contributed by atoms with Gasteiger partial charge >= 0.3 is 17.1 Å². The SMILES string of the molecule is C[SiH]1O[SiH](C)O[Si](C)(CCCOC2CCC(CC3CCC(OCCC[Si]4(C)O[SiH](C)O[SiH](C)O[SiH](C)O4)CC3)CC2)O[SiH](C)O1. The molecule has 2 heterocycles. The molecule has 0 bridgehead atoms. The molecule has 45 heavy (non-hydrogen) atoms. The van der Waals surface area contributed by atoms with Crippen LogP contribution in [0.15, 0.2) is 0 Å². The number of hydrogen-bond donors (Lipinski definition) is 0. The molecule has 0 N–H and O–H groups in total. The molecule has 2 aliphatic carbocycles. The van der Waals surface area contributed by atoms with Crippen molar-refractivity contribution in [2.75, 3.05) is 13.2 Å². The normalized spacial score (nSPS) is 44.0. The predicted octanol–water partition coefficient (Wildman–Crippen LogP) is 4.71. The quantitative estimate of drug-likeness (QED) is 0.205. The topological polar surface area (TPSA) is 92.3 Å². The van der Waals surface area contributed by atoms with Gasteiger partial charge < -0.3 is 42.4 Å². The van der Waals surface area contributed by atoms with Crippen LogP contribution in [0, 0.1) is 11.8 Å². The maximum atomic E-state index is 6.42. The van der Waals surface area contributed by atoms with E-state index in [1.165, 1.54) is 57.8 Å². The van der Waals surface area contributed by atoms with E-state index >= 15 is 0 Å². The standard InChI is InChI=1S/C27H64O10Si8/c1-38-30-40(3)34-44(7,35-41(4)31-38)21-9-19-28-26-15-11-24(12-16-26)23-25-13-17-27(18-14-25)29-20-10-22-45(8)36-42(5)32-39(2)33-43(6)37-45/h24-27,38-43H,9-23H2,1-8H3. The van der Waals surface area contributed by atoms with E-state index in [1.807, 2.05) is 0 Å². The van der Waals surface area contributed by atoms with Crippen molar-refractivity contribution in [3.05, 3.63) is 0 Å². The van der Waals surface area contributed by atoms with E-state index in [0.29, 0.717) is 12.2 Å². The molecule has 0 radical (unpaired) electrons. The lowest BCUT2D eigenvalue weighted by Crippen LogP contribution is -2.53. The van der Waals surface area contributed by atoms with Crippen molar-refractivity contribution in [3.8, 4) is 0 Å². The van der Waals surface area contributed by atoms with Crippen LogP contribution in [0.1, 0.15) is 70.6 Å². The summed E-state index contributed by atoms with van der Waals surface area (Å²) in [5.74, 6) is 1.73. The van der Waals surface area contributed by atoms with Crippen molar-refractivity contribution >= 4 is 72.8 Å². The van der Waals surface area contributed by atoms with Crippen LogP contribution in [0.4, 0.5) is 0 Å². The van der Waals surface area contributed by atoms with Gasteiger partial charge in [0, 0.05) is 13.2 Å². The second-order valence-electron chi connectivity index (χ2n) is 14.2. The Kier molecular flexibility index (Phi) is 16.6. The minimum atomic E-state index is -2.24. The van der Waals surface area contributed by atoms with Crippen molar-refractivity contribution in [1.82, 2.24) is 0 Å². The zero-order valence-corrected chi connectivity index (χ0v) is 38.4. The van der Waals surface area contributed by atoms with Gasteiger partial charge in [-0.2, -0.15) is 0 Å². The summed E-state index contributed by atoms with van der Waals surface area (Å²) < 4.78 is 62.6. The van der Waals surface area contributed by atoms with Gasteiger partial charge in [-0.15, -0.1) is 0 Å². The largest absolute Gasteiger partial charge is 0.420 e. The summed E-state index contributed by atoms with van der Waals surface area (Å²) >= 11 is 0. The van der Waals surface area contributed by atoms with E-state index < -0.39 is 72.8 Å². The summed E-state index contributed by atoms with van der Waals surface area (Å²) in [4.78, 5) is 0. The Morgan fingerprint density at radius 2 is 0.800 bits per heavy atom. The number of hydrogen-bond acceptors (Lipinski definition) is 10.